The molecule has 2 amide bonds. The van der Waals surface area contributed by atoms with Crippen molar-refractivity contribution in [1.82, 2.24) is 0 Å². The van der Waals surface area contributed by atoms with Crippen LogP contribution in [0.4, 0.5) is 0 Å². The van der Waals surface area contributed by atoms with Gasteiger partial charge in [-0.15, -0.1) is 0 Å². The highest BCUT2D eigenvalue weighted by Gasteiger charge is 2.14. The number of carbonyl (C=O) groups is 2. The van der Waals surface area contributed by atoms with Crippen LogP contribution < -0.4 is 11.5 Å². The van der Waals surface area contributed by atoms with Gasteiger partial charge in [-0.3, -0.25) is 9.59 Å². The van der Waals surface area contributed by atoms with Crippen molar-refractivity contribution in [2.24, 2.45) is 11.5 Å². The standard InChI is InChI=1S/C10H11N2O3/c1-5(13)7-3-2-6(9(11)14)4-8(7)10(12)15/h2-5,13H,1H2,(H2,11,14)(H2,12,15). The molecule has 0 saturated carbocycles. The van der Waals surface area contributed by atoms with E-state index >= 15 is 0 Å². The van der Waals surface area contributed by atoms with Gasteiger partial charge in [0.1, 0.15) is 0 Å². The van der Waals surface area contributed by atoms with E-state index in [0.29, 0.717) is 0 Å². The predicted octanol–water partition coefficient (Wildman–Crippen LogP) is -0.248. The van der Waals surface area contributed by atoms with Crippen LogP contribution in [0.1, 0.15) is 32.4 Å². The van der Waals surface area contributed by atoms with Gasteiger partial charge in [0.05, 0.1) is 6.10 Å². The van der Waals surface area contributed by atoms with Gasteiger partial charge < -0.3 is 16.6 Å². The Morgan fingerprint density at radius 1 is 1.27 bits per heavy atom. The van der Waals surface area contributed by atoms with Crippen LogP contribution >= 0.6 is 0 Å². The minimum atomic E-state index is -1.07. The minimum Gasteiger partial charge on any atom is -0.388 e. The van der Waals surface area contributed by atoms with Gasteiger partial charge in [0.2, 0.25) is 11.8 Å². The van der Waals surface area contributed by atoms with Crippen molar-refractivity contribution >= 4 is 11.8 Å². The highest BCUT2D eigenvalue weighted by atomic mass is 16.3. The van der Waals surface area contributed by atoms with E-state index in [1.807, 2.05) is 0 Å². The molecule has 1 aromatic rings. The van der Waals surface area contributed by atoms with Gasteiger partial charge in [-0.25, -0.2) is 0 Å². The van der Waals surface area contributed by atoms with E-state index in [-0.39, 0.29) is 16.7 Å². The van der Waals surface area contributed by atoms with Crippen LogP contribution in [0.3, 0.4) is 0 Å². The number of aliphatic hydroxyl groups is 1. The third kappa shape index (κ3) is 2.32. The topological polar surface area (TPSA) is 106 Å². The van der Waals surface area contributed by atoms with Crippen molar-refractivity contribution < 1.29 is 14.7 Å². The summed E-state index contributed by atoms with van der Waals surface area (Å²) >= 11 is 0. The summed E-state index contributed by atoms with van der Waals surface area (Å²) in [6, 6.07) is 4.05. The number of nitrogens with two attached hydrogens (primary N) is 2. The first-order valence-corrected chi connectivity index (χ1v) is 4.18. The van der Waals surface area contributed by atoms with Crippen molar-refractivity contribution in [2.75, 3.05) is 0 Å². The SMILES string of the molecule is [CH2]C(O)c1ccc(C(N)=O)cc1C(N)=O. The molecule has 15 heavy (non-hydrogen) atoms. The summed E-state index contributed by atoms with van der Waals surface area (Å²) in [5, 5.41) is 9.25. The Labute approximate surface area is 86.7 Å². The summed E-state index contributed by atoms with van der Waals surface area (Å²) in [5.41, 5.74) is 10.6. The number of hydrogen-bond donors (Lipinski definition) is 3. The van der Waals surface area contributed by atoms with E-state index in [9.17, 15) is 14.7 Å². The number of primary amides is 2. The number of hydrogen-bond acceptors (Lipinski definition) is 3. The Kier molecular flexibility index (Phi) is 3.06. The van der Waals surface area contributed by atoms with Gasteiger partial charge >= 0.3 is 0 Å². The summed E-state index contributed by atoms with van der Waals surface area (Å²) in [6.45, 7) is 3.36. The lowest BCUT2D eigenvalue weighted by atomic mass is 9.99. The molecule has 0 bridgehead atoms. The van der Waals surface area contributed by atoms with Crippen molar-refractivity contribution in [1.29, 1.82) is 0 Å². The van der Waals surface area contributed by atoms with Crippen LogP contribution in [0.2, 0.25) is 0 Å². The summed E-state index contributed by atoms with van der Waals surface area (Å²) in [7, 11) is 0. The van der Waals surface area contributed by atoms with Crippen LogP contribution in [0, 0.1) is 6.92 Å². The fraction of sp³-hybridized carbons (Fsp3) is 0.100. The molecular weight excluding hydrogens is 196 g/mol. The maximum atomic E-state index is 11.0. The molecule has 0 aliphatic carbocycles. The molecule has 1 rings (SSSR count). The average Bonchev–Trinajstić information content (AvgIpc) is 2.16. The first-order valence-electron chi connectivity index (χ1n) is 4.18. The number of carbonyl (C=O) groups excluding carboxylic acids is 2. The summed E-state index contributed by atoms with van der Waals surface area (Å²) in [6.07, 6.45) is -1.07. The van der Waals surface area contributed by atoms with Gasteiger partial charge in [-0.1, -0.05) is 6.07 Å². The molecule has 1 aromatic carbocycles. The fourth-order valence-electron chi connectivity index (χ4n) is 1.21. The average molecular weight is 207 g/mol. The molecule has 0 fully saturated rings. The number of rotatable bonds is 3. The second kappa shape index (κ2) is 4.10. The molecule has 0 aliphatic rings. The molecule has 1 radical (unpaired) electrons. The Morgan fingerprint density at radius 2 is 1.87 bits per heavy atom. The van der Waals surface area contributed by atoms with Crippen LogP contribution in [-0.4, -0.2) is 16.9 Å². The van der Waals surface area contributed by atoms with Crippen molar-refractivity contribution in [3.05, 3.63) is 41.8 Å². The van der Waals surface area contributed by atoms with Crippen LogP contribution in [0.15, 0.2) is 18.2 Å². The molecule has 79 valence electrons. The first kappa shape index (κ1) is 11.2. The highest BCUT2D eigenvalue weighted by Crippen LogP contribution is 2.18. The lowest BCUT2D eigenvalue weighted by molar-refractivity contribution is 0.0995. The quantitative estimate of drug-likeness (QED) is 0.636. The molecule has 5 N–H and O–H groups in total. The number of aliphatic hydroxyl groups excluding tert-OH is 1. The molecule has 0 aromatic heterocycles. The molecule has 1 atom stereocenters. The maximum Gasteiger partial charge on any atom is 0.249 e. The van der Waals surface area contributed by atoms with Crippen LogP contribution in [0.25, 0.3) is 0 Å². The van der Waals surface area contributed by atoms with E-state index in [1.165, 1.54) is 18.2 Å². The molecule has 0 spiro atoms. The third-order valence-electron chi connectivity index (χ3n) is 1.96. The molecule has 5 heteroatoms. The molecule has 5 nitrogen and oxygen atoms in total. The summed E-state index contributed by atoms with van der Waals surface area (Å²) in [5.74, 6) is -1.40. The Balaban J connectivity index is 3.33. The van der Waals surface area contributed by atoms with E-state index in [4.69, 9.17) is 11.5 Å². The Hall–Kier alpha value is -1.88. The fourth-order valence-corrected chi connectivity index (χ4v) is 1.21. The van der Waals surface area contributed by atoms with Gasteiger partial charge in [0.25, 0.3) is 0 Å². The van der Waals surface area contributed by atoms with E-state index in [1.54, 1.807) is 0 Å². The first-order chi connectivity index (χ1) is 6.93. The molecular formula is C10H11N2O3. The predicted molar refractivity (Wildman–Crippen MR) is 53.8 cm³/mol. The monoisotopic (exact) mass is 207 g/mol. The smallest absolute Gasteiger partial charge is 0.249 e. The van der Waals surface area contributed by atoms with Crippen molar-refractivity contribution in [3.8, 4) is 0 Å². The third-order valence-corrected chi connectivity index (χ3v) is 1.96. The number of benzene rings is 1. The van der Waals surface area contributed by atoms with Gasteiger partial charge in [-0.05, 0) is 24.6 Å². The highest BCUT2D eigenvalue weighted by molar-refractivity contribution is 5.99. The van der Waals surface area contributed by atoms with Gasteiger partial charge in [0.15, 0.2) is 0 Å². The summed E-state index contributed by atoms with van der Waals surface area (Å²) in [4.78, 5) is 21.9. The van der Waals surface area contributed by atoms with E-state index in [0.717, 1.165) is 0 Å². The molecule has 0 aliphatic heterocycles. The lowest BCUT2D eigenvalue weighted by Gasteiger charge is -2.10. The van der Waals surface area contributed by atoms with Crippen molar-refractivity contribution in [2.45, 2.75) is 6.10 Å². The maximum absolute atomic E-state index is 11.0. The Bertz CT molecular complexity index is 413. The van der Waals surface area contributed by atoms with Crippen molar-refractivity contribution in [3.63, 3.8) is 0 Å². The minimum absolute atomic E-state index is 0.0498. The zero-order valence-electron chi connectivity index (χ0n) is 7.93. The van der Waals surface area contributed by atoms with E-state index < -0.39 is 17.9 Å². The van der Waals surface area contributed by atoms with Gasteiger partial charge in [-0.2, -0.15) is 0 Å². The zero-order valence-corrected chi connectivity index (χ0v) is 7.93. The van der Waals surface area contributed by atoms with E-state index in [2.05, 4.69) is 6.92 Å². The largest absolute Gasteiger partial charge is 0.388 e. The molecule has 0 heterocycles. The normalized spacial score (nSPS) is 12.1. The number of amides is 2. The zero-order chi connectivity index (χ0) is 11.6. The Morgan fingerprint density at radius 3 is 2.27 bits per heavy atom. The molecule has 1 unspecified atom stereocenters. The lowest BCUT2D eigenvalue weighted by Crippen LogP contribution is -2.18. The second-order valence-electron chi connectivity index (χ2n) is 3.05. The second-order valence-corrected chi connectivity index (χ2v) is 3.05. The summed E-state index contributed by atoms with van der Waals surface area (Å²) < 4.78 is 0. The van der Waals surface area contributed by atoms with Gasteiger partial charge in [0, 0.05) is 11.1 Å². The molecule has 0 saturated heterocycles. The van der Waals surface area contributed by atoms with Crippen LogP contribution in [0.5, 0.6) is 0 Å². The van der Waals surface area contributed by atoms with Crippen LogP contribution in [-0.2, 0) is 0 Å².